The van der Waals surface area contributed by atoms with Crippen LogP contribution in [0.1, 0.15) is 49.4 Å². The van der Waals surface area contributed by atoms with E-state index in [0.29, 0.717) is 5.41 Å². The van der Waals surface area contributed by atoms with Crippen LogP contribution in [-0.2, 0) is 11.8 Å². The van der Waals surface area contributed by atoms with E-state index in [4.69, 9.17) is 0 Å². The molecule has 1 fully saturated rings. The molecule has 4 nitrogen and oxygen atoms in total. The Hall–Kier alpha value is -2.49. The van der Waals surface area contributed by atoms with E-state index in [9.17, 15) is 0 Å². The highest BCUT2D eigenvalue weighted by atomic mass is 15.3. The van der Waals surface area contributed by atoms with Crippen LogP contribution in [0.15, 0.2) is 53.2 Å². The molecule has 0 saturated carbocycles. The van der Waals surface area contributed by atoms with Crippen LogP contribution in [0.3, 0.4) is 0 Å². The molecule has 1 aromatic carbocycles. The zero-order valence-electron chi connectivity index (χ0n) is 15.3. The number of benzene rings is 1. The Balaban J connectivity index is 1.30. The fourth-order valence-electron chi connectivity index (χ4n) is 4.81. The molecule has 0 radical (unpaired) electrons. The minimum absolute atomic E-state index is 0.391. The van der Waals surface area contributed by atoms with E-state index >= 15 is 0 Å². The summed E-state index contributed by atoms with van der Waals surface area (Å²) < 4.78 is 0. The van der Waals surface area contributed by atoms with E-state index < -0.39 is 0 Å². The molecule has 2 aromatic rings. The number of rotatable bonds is 2. The first-order chi connectivity index (χ1) is 12.7. The average molecular weight is 344 g/mol. The maximum atomic E-state index is 4.53. The molecule has 1 aromatic heterocycles. The van der Waals surface area contributed by atoms with E-state index in [1.165, 1.54) is 25.7 Å². The summed E-state index contributed by atoms with van der Waals surface area (Å²) in [5.41, 5.74) is 6.56. The molecule has 2 aliphatic heterocycles. The van der Waals surface area contributed by atoms with Crippen molar-refractivity contribution in [3.8, 4) is 0 Å². The molecule has 26 heavy (non-hydrogen) atoms. The third-order valence-electron chi connectivity index (χ3n) is 6.35. The molecule has 4 heteroatoms. The van der Waals surface area contributed by atoms with E-state index in [1.807, 2.05) is 6.92 Å². The normalized spacial score (nSPS) is 20.9. The molecule has 132 valence electrons. The lowest BCUT2D eigenvalue weighted by Gasteiger charge is -2.40. The van der Waals surface area contributed by atoms with E-state index in [1.54, 1.807) is 11.1 Å². The SMILES string of the molecule is CC1=CCC(c2ccc(N3CCC4(CCc5ccccc54)CC3)nn2)=N1. The van der Waals surface area contributed by atoms with Gasteiger partial charge in [0.1, 0.15) is 5.69 Å². The van der Waals surface area contributed by atoms with Gasteiger partial charge in [-0.3, -0.25) is 4.99 Å². The number of hydrogen-bond donors (Lipinski definition) is 0. The van der Waals surface area contributed by atoms with Gasteiger partial charge in [0.2, 0.25) is 0 Å². The Morgan fingerprint density at radius 3 is 2.54 bits per heavy atom. The van der Waals surface area contributed by atoms with Gasteiger partial charge in [-0.2, -0.15) is 0 Å². The van der Waals surface area contributed by atoms with E-state index in [0.717, 1.165) is 42.4 Å². The lowest BCUT2D eigenvalue weighted by molar-refractivity contribution is 0.329. The van der Waals surface area contributed by atoms with Gasteiger partial charge in [-0.1, -0.05) is 30.3 Å². The lowest BCUT2D eigenvalue weighted by atomic mass is 9.74. The van der Waals surface area contributed by atoms with Crippen molar-refractivity contribution < 1.29 is 0 Å². The largest absolute Gasteiger partial charge is 0.355 e. The summed E-state index contributed by atoms with van der Waals surface area (Å²) in [7, 11) is 0. The van der Waals surface area contributed by atoms with E-state index in [2.05, 4.69) is 62.6 Å². The predicted octanol–water partition coefficient (Wildman–Crippen LogP) is 4.06. The maximum absolute atomic E-state index is 4.53. The number of aliphatic imine (C=N–C) groups is 1. The van der Waals surface area contributed by atoms with Crippen molar-refractivity contribution >= 4 is 11.5 Å². The van der Waals surface area contributed by atoms with Crippen LogP contribution >= 0.6 is 0 Å². The molecule has 1 saturated heterocycles. The minimum atomic E-state index is 0.391. The predicted molar refractivity (Wildman–Crippen MR) is 105 cm³/mol. The zero-order valence-corrected chi connectivity index (χ0v) is 15.3. The second-order valence-corrected chi connectivity index (χ2v) is 7.81. The van der Waals surface area contributed by atoms with Crippen LogP contribution in [0.2, 0.25) is 0 Å². The van der Waals surface area contributed by atoms with Crippen LogP contribution in [-0.4, -0.2) is 29.0 Å². The van der Waals surface area contributed by atoms with Crippen LogP contribution in [0, 0.1) is 0 Å². The number of nitrogens with zero attached hydrogens (tertiary/aromatic N) is 4. The van der Waals surface area contributed by atoms with Crippen molar-refractivity contribution in [1.82, 2.24) is 10.2 Å². The smallest absolute Gasteiger partial charge is 0.151 e. The number of piperidine rings is 1. The summed E-state index contributed by atoms with van der Waals surface area (Å²) in [6.07, 6.45) is 7.96. The highest BCUT2D eigenvalue weighted by molar-refractivity contribution is 6.01. The van der Waals surface area contributed by atoms with Crippen molar-refractivity contribution in [3.63, 3.8) is 0 Å². The third-order valence-corrected chi connectivity index (χ3v) is 6.35. The molecule has 0 unspecified atom stereocenters. The van der Waals surface area contributed by atoms with Crippen molar-refractivity contribution in [3.05, 3.63) is 65.0 Å². The van der Waals surface area contributed by atoms with Gasteiger partial charge in [0.15, 0.2) is 5.82 Å². The zero-order chi connectivity index (χ0) is 17.6. The van der Waals surface area contributed by atoms with Gasteiger partial charge in [0.25, 0.3) is 0 Å². The summed E-state index contributed by atoms with van der Waals surface area (Å²) in [6.45, 7) is 4.15. The fourth-order valence-corrected chi connectivity index (χ4v) is 4.81. The average Bonchev–Trinajstić information content (AvgIpc) is 3.28. The molecule has 3 aliphatic rings. The summed E-state index contributed by atoms with van der Waals surface area (Å²) in [5.74, 6) is 0.998. The quantitative estimate of drug-likeness (QED) is 0.825. The van der Waals surface area contributed by atoms with Gasteiger partial charge in [-0.25, -0.2) is 0 Å². The number of aryl methyl sites for hydroxylation is 1. The first kappa shape index (κ1) is 15.7. The second kappa shape index (κ2) is 6.04. The van der Waals surface area contributed by atoms with Crippen molar-refractivity contribution in [2.45, 2.75) is 44.4 Å². The molecule has 5 rings (SSSR count). The Morgan fingerprint density at radius 1 is 0.962 bits per heavy atom. The number of anilines is 1. The molecule has 1 spiro atoms. The summed E-state index contributed by atoms with van der Waals surface area (Å²) in [4.78, 5) is 6.92. The first-order valence-electron chi connectivity index (χ1n) is 9.65. The van der Waals surface area contributed by atoms with Crippen molar-refractivity contribution in [1.29, 1.82) is 0 Å². The Kier molecular flexibility index (Phi) is 3.66. The monoisotopic (exact) mass is 344 g/mol. The van der Waals surface area contributed by atoms with Crippen LogP contribution in [0.4, 0.5) is 5.82 Å². The topological polar surface area (TPSA) is 41.4 Å². The molecule has 0 bridgehead atoms. The van der Waals surface area contributed by atoms with Crippen LogP contribution in [0.25, 0.3) is 0 Å². The Morgan fingerprint density at radius 2 is 1.81 bits per heavy atom. The summed E-state index contributed by atoms with van der Waals surface area (Å²) in [6, 6.07) is 13.2. The molecule has 0 atom stereocenters. The first-order valence-corrected chi connectivity index (χ1v) is 9.65. The molecule has 0 N–H and O–H groups in total. The third kappa shape index (κ3) is 2.56. The van der Waals surface area contributed by atoms with Crippen LogP contribution < -0.4 is 4.90 Å². The number of allylic oxidation sites excluding steroid dienone is 2. The van der Waals surface area contributed by atoms with Crippen LogP contribution in [0.5, 0.6) is 0 Å². The van der Waals surface area contributed by atoms with Gasteiger partial charge in [-0.05, 0) is 61.3 Å². The second-order valence-electron chi connectivity index (χ2n) is 7.81. The van der Waals surface area contributed by atoms with Gasteiger partial charge >= 0.3 is 0 Å². The summed E-state index contributed by atoms with van der Waals surface area (Å²) >= 11 is 0. The highest BCUT2D eigenvalue weighted by Gasteiger charge is 2.41. The Labute approximate surface area is 154 Å². The standard InChI is InChI=1S/C22H24N4/c1-16-6-7-19(23-16)20-8-9-21(25-24-20)26-14-12-22(13-15-26)11-10-17-4-2-3-5-18(17)22/h2-6,8-9H,7,10-15H2,1H3. The lowest BCUT2D eigenvalue weighted by Crippen LogP contribution is -2.42. The minimum Gasteiger partial charge on any atom is -0.355 e. The molecule has 0 amide bonds. The van der Waals surface area contributed by atoms with Gasteiger partial charge in [0, 0.05) is 25.2 Å². The highest BCUT2D eigenvalue weighted by Crippen LogP contribution is 2.46. The molecular formula is C22H24N4. The van der Waals surface area contributed by atoms with E-state index in [-0.39, 0.29) is 0 Å². The summed E-state index contributed by atoms with van der Waals surface area (Å²) in [5, 5.41) is 8.94. The molecular weight excluding hydrogens is 320 g/mol. The molecule has 3 heterocycles. The molecule has 1 aliphatic carbocycles. The van der Waals surface area contributed by atoms with Gasteiger partial charge in [0.05, 0.1) is 5.71 Å². The van der Waals surface area contributed by atoms with Gasteiger partial charge < -0.3 is 4.90 Å². The van der Waals surface area contributed by atoms with Crippen molar-refractivity contribution in [2.24, 2.45) is 4.99 Å². The maximum Gasteiger partial charge on any atom is 0.151 e. The number of aromatic nitrogens is 2. The van der Waals surface area contributed by atoms with Crippen molar-refractivity contribution in [2.75, 3.05) is 18.0 Å². The number of fused-ring (bicyclic) bond motifs is 2. The fraction of sp³-hybridized carbons (Fsp3) is 0.409. The Bertz CT molecular complexity index is 887. The number of hydrogen-bond acceptors (Lipinski definition) is 4. The van der Waals surface area contributed by atoms with Gasteiger partial charge in [-0.15, -0.1) is 10.2 Å².